The number of halogens is 1. The second-order valence-electron chi connectivity index (χ2n) is 3.93. The zero-order valence-electron chi connectivity index (χ0n) is 9.54. The maximum Gasteiger partial charge on any atom is 0.292 e. The lowest BCUT2D eigenvalue weighted by atomic mass is 10.1. The molecule has 3 rings (SSSR count). The lowest BCUT2D eigenvalue weighted by Crippen LogP contribution is -2.21. The van der Waals surface area contributed by atoms with Gasteiger partial charge in [0.05, 0.1) is 5.69 Å². The third-order valence-electron chi connectivity index (χ3n) is 2.72. The van der Waals surface area contributed by atoms with Crippen molar-refractivity contribution >= 4 is 5.52 Å². The Morgan fingerprint density at radius 3 is 2.67 bits per heavy atom. The zero-order chi connectivity index (χ0) is 12.7. The van der Waals surface area contributed by atoms with Gasteiger partial charge in [0, 0.05) is 12.6 Å². The molecule has 0 atom stereocenters. The number of hydrogen-bond donors (Lipinski definition) is 0. The van der Waals surface area contributed by atoms with Gasteiger partial charge in [-0.05, 0) is 30.3 Å². The standard InChI is InChI=1S/C12H9FN4O/c1-16-12(18)11-6-10(15-17(11)7-14-16)8-2-4-9(13)5-3-8/h2-7H,1H3. The van der Waals surface area contributed by atoms with Gasteiger partial charge in [0.1, 0.15) is 17.7 Å². The second-order valence-corrected chi connectivity index (χ2v) is 3.93. The van der Waals surface area contributed by atoms with Gasteiger partial charge in [-0.15, -0.1) is 0 Å². The van der Waals surface area contributed by atoms with E-state index in [1.54, 1.807) is 25.2 Å². The molecular formula is C12H9FN4O. The number of hydrogen-bond acceptors (Lipinski definition) is 3. The molecule has 1 aromatic carbocycles. The number of aromatic nitrogens is 4. The molecule has 0 bridgehead atoms. The van der Waals surface area contributed by atoms with E-state index in [1.807, 2.05) is 0 Å². The van der Waals surface area contributed by atoms with Gasteiger partial charge in [-0.2, -0.15) is 10.2 Å². The predicted octanol–water partition coefficient (Wildman–Crippen LogP) is 1.23. The average molecular weight is 244 g/mol. The zero-order valence-corrected chi connectivity index (χ0v) is 9.54. The van der Waals surface area contributed by atoms with Crippen LogP contribution >= 0.6 is 0 Å². The molecule has 18 heavy (non-hydrogen) atoms. The minimum Gasteiger partial charge on any atom is -0.265 e. The Labute approximate surface area is 101 Å². The van der Waals surface area contributed by atoms with Gasteiger partial charge in [-0.3, -0.25) is 4.79 Å². The van der Waals surface area contributed by atoms with Gasteiger partial charge in [0.25, 0.3) is 5.56 Å². The maximum absolute atomic E-state index is 12.8. The topological polar surface area (TPSA) is 52.2 Å². The van der Waals surface area contributed by atoms with Crippen LogP contribution in [0.3, 0.4) is 0 Å². The molecule has 0 fully saturated rings. The SMILES string of the molecule is Cn1ncn2nc(-c3ccc(F)cc3)cc2c1=O. The van der Waals surface area contributed by atoms with Crippen LogP contribution in [-0.4, -0.2) is 19.4 Å². The molecule has 90 valence electrons. The van der Waals surface area contributed by atoms with Crippen molar-refractivity contribution < 1.29 is 4.39 Å². The molecule has 5 nitrogen and oxygen atoms in total. The summed E-state index contributed by atoms with van der Waals surface area (Å²) in [5.74, 6) is -0.305. The van der Waals surface area contributed by atoms with Gasteiger partial charge >= 0.3 is 0 Å². The van der Waals surface area contributed by atoms with Crippen LogP contribution in [0, 0.1) is 5.82 Å². The van der Waals surface area contributed by atoms with Crippen LogP contribution in [0.2, 0.25) is 0 Å². The van der Waals surface area contributed by atoms with E-state index >= 15 is 0 Å². The fraction of sp³-hybridized carbons (Fsp3) is 0.0833. The summed E-state index contributed by atoms with van der Waals surface area (Å²) in [4.78, 5) is 11.8. The highest BCUT2D eigenvalue weighted by atomic mass is 19.1. The van der Waals surface area contributed by atoms with E-state index in [4.69, 9.17) is 0 Å². The van der Waals surface area contributed by atoms with Crippen LogP contribution in [0.4, 0.5) is 4.39 Å². The van der Waals surface area contributed by atoms with E-state index in [0.717, 1.165) is 5.56 Å². The fourth-order valence-corrected chi connectivity index (χ4v) is 1.75. The summed E-state index contributed by atoms with van der Waals surface area (Å²) in [5.41, 5.74) is 1.58. The number of nitrogens with zero attached hydrogens (tertiary/aromatic N) is 4. The van der Waals surface area contributed by atoms with Gasteiger partial charge < -0.3 is 0 Å². The average Bonchev–Trinajstić information content (AvgIpc) is 2.80. The van der Waals surface area contributed by atoms with Crippen LogP contribution in [0.5, 0.6) is 0 Å². The molecule has 0 spiro atoms. The largest absolute Gasteiger partial charge is 0.292 e. The smallest absolute Gasteiger partial charge is 0.265 e. The first-order chi connectivity index (χ1) is 8.65. The Balaban J connectivity index is 2.22. The van der Waals surface area contributed by atoms with E-state index in [0.29, 0.717) is 11.2 Å². The third kappa shape index (κ3) is 1.58. The molecule has 2 heterocycles. The number of rotatable bonds is 1. The number of fused-ring (bicyclic) bond motifs is 1. The molecule has 2 aromatic heterocycles. The van der Waals surface area contributed by atoms with Crippen LogP contribution in [0.15, 0.2) is 41.5 Å². The molecule has 0 aliphatic heterocycles. The fourth-order valence-electron chi connectivity index (χ4n) is 1.75. The van der Waals surface area contributed by atoms with Crippen molar-refractivity contribution in [1.29, 1.82) is 0 Å². The molecule has 0 unspecified atom stereocenters. The Bertz CT molecular complexity index is 773. The van der Waals surface area contributed by atoms with Crippen LogP contribution in [-0.2, 0) is 7.05 Å². The molecule has 0 aliphatic carbocycles. The van der Waals surface area contributed by atoms with Crippen molar-refractivity contribution in [2.45, 2.75) is 0 Å². The highest BCUT2D eigenvalue weighted by Crippen LogP contribution is 2.18. The first kappa shape index (κ1) is 10.6. The van der Waals surface area contributed by atoms with E-state index in [2.05, 4.69) is 10.2 Å². The molecule has 6 heteroatoms. The van der Waals surface area contributed by atoms with E-state index in [9.17, 15) is 9.18 Å². The van der Waals surface area contributed by atoms with E-state index in [-0.39, 0.29) is 11.4 Å². The molecule has 0 saturated heterocycles. The summed E-state index contributed by atoms with van der Waals surface area (Å²) in [6.07, 6.45) is 1.46. The number of benzene rings is 1. The molecule has 0 radical (unpaired) electrons. The van der Waals surface area contributed by atoms with E-state index < -0.39 is 0 Å². The Kier molecular flexibility index (Phi) is 2.22. The summed E-state index contributed by atoms with van der Waals surface area (Å²) in [6.45, 7) is 0. The highest BCUT2D eigenvalue weighted by molar-refractivity contribution is 5.65. The van der Waals surface area contributed by atoms with Gasteiger partial charge in [-0.25, -0.2) is 13.6 Å². The summed E-state index contributed by atoms with van der Waals surface area (Å²) in [6, 6.07) is 7.62. The van der Waals surface area contributed by atoms with Gasteiger partial charge in [-0.1, -0.05) is 0 Å². The quantitative estimate of drug-likeness (QED) is 0.647. The monoisotopic (exact) mass is 244 g/mol. The summed E-state index contributed by atoms with van der Waals surface area (Å²) >= 11 is 0. The minimum absolute atomic E-state index is 0.224. The van der Waals surface area contributed by atoms with Crippen LogP contribution in [0.1, 0.15) is 0 Å². The lowest BCUT2D eigenvalue weighted by Gasteiger charge is -1.95. The molecule has 3 aromatic rings. The van der Waals surface area contributed by atoms with Gasteiger partial charge in [0.15, 0.2) is 0 Å². The van der Waals surface area contributed by atoms with Gasteiger partial charge in [0.2, 0.25) is 0 Å². The molecular weight excluding hydrogens is 235 g/mol. The second kappa shape index (κ2) is 3.76. The Morgan fingerprint density at radius 2 is 1.94 bits per heavy atom. The van der Waals surface area contributed by atoms with Crippen LogP contribution in [0.25, 0.3) is 16.8 Å². The Morgan fingerprint density at radius 1 is 1.22 bits per heavy atom. The lowest BCUT2D eigenvalue weighted by molar-refractivity contribution is 0.628. The molecule has 0 aliphatic rings. The normalized spacial score (nSPS) is 11.0. The highest BCUT2D eigenvalue weighted by Gasteiger charge is 2.08. The van der Waals surface area contributed by atoms with Crippen molar-refractivity contribution in [3.05, 3.63) is 52.8 Å². The van der Waals surface area contributed by atoms with Crippen LogP contribution < -0.4 is 5.56 Å². The third-order valence-corrected chi connectivity index (χ3v) is 2.72. The summed E-state index contributed by atoms with van der Waals surface area (Å²) < 4.78 is 15.5. The molecule has 0 amide bonds. The minimum atomic E-state index is -0.305. The Hall–Kier alpha value is -2.50. The summed E-state index contributed by atoms with van der Waals surface area (Å²) in [7, 11) is 1.58. The van der Waals surface area contributed by atoms with Crippen molar-refractivity contribution in [2.75, 3.05) is 0 Å². The van der Waals surface area contributed by atoms with Crippen molar-refractivity contribution in [3.8, 4) is 11.3 Å². The number of aryl methyl sites for hydroxylation is 1. The van der Waals surface area contributed by atoms with Crippen molar-refractivity contribution in [2.24, 2.45) is 7.05 Å². The first-order valence-electron chi connectivity index (χ1n) is 5.33. The van der Waals surface area contributed by atoms with Crippen molar-refractivity contribution in [3.63, 3.8) is 0 Å². The van der Waals surface area contributed by atoms with Crippen molar-refractivity contribution in [1.82, 2.24) is 19.4 Å². The first-order valence-corrected chi connectivity index (χ1v) is 5.33. The molecule has 0 N–H and O–H groups in total. The predicted molar refractivity (Wildman–Crippen MR) is 63.6 cm³/mol. The molecule has 0 saturated carbocycles. The maximum atomic E-state index is 12.8. The summed E-state index contributed by atoms with van der Waals surface area (Å²) in [5, 5.41) is 8.11. The van der Waals surface area contributed by atoms with E-state index in [1.165, 1.54) is 27.7 Å².